The van der Waals surface area contributed by atoms with Gasteiger partial charge in [-0.15, -0.1) is 0 Å². The zero-order valence-corrected chi connectivity index (χ0v) is 16.0. The van der Waals surface area contributed by atoms with Crippen LogP contribution in [0.15, 0.2) is 84.9 Å². The van der Waals surface area contributed by atoms with Crippen molar-refractivity contribution in [2.45, 2.75) is 13.0 Å². The fourth-order valence-corrected chi connectivity index (χ4v) is 2.72. The minimum absolute atomic E-state index is 0.101. The first-order chi connectivity index (χ1) is 13.6. The van der Waals surface area contributed by atoms with Crippen molar-refractivity contribution in [3.63, 3.8) is 0 Å². The van der Waals surface area contributed by atoms with Crippen LogP contribution in [0.2, 0.25) is 0 Å². The second-order valence-corrected chi connectivity index (χ2v) is 6.32. The van der Waals surface area contributed by atoms with Crippen LogP contribution in [0.3, 0.4) is 0 Å². The van der Waals surface area contributed by atoms with Gasteiger partial charge in [0.1, 0.15) is 17.2 Å². The molecule has 3 aromatic rings. The van der Waals surface area contributed by atoms with Gasteiger partial charge in [-0.1, -0.05) is 42.5 Å². The van der Waals surface area contributed by atoms with Crippen LogP contribution < -0.4 is 14.8 Å². The number of benzene rings is 3. The Morgan fingerprint density at radius 2 is 1.61 bits per heavy atom. The third-order valence-electron chi connectivity index (χ3n) is 4.24. The minimum Gasteiger partial charge on any atom is -0.497 e. The summed E-state index contributed by atoms with van der Waals surface area (Å²) in [6.07, 6.45) is 3.30. The number of hydrogen-bond donors (Lipinski definition) is 1. The first-order valence-electron chi connectivity index (χ1n) is 9.09. The van der Waals surface area contributed by atoms with Crippen LogP contribution in [0.5, 0.6) is 17.2 Å². The molecule has 1 amide bonds. The van der Waals surface area contributed by atoms with E-state index in [4.69, 9.17) is 9.47 Å². The summed E-state index contributed by atoms with van der Waals surface area (Å²) in [7, 11) is 1.63. The van der Waals surface area contributed by atoms with Gasteiger partial charge >= 0.3 is 0 Å². The maximum absolute atomic E-state index is 12.2. The van der Waals surface area contributed by atoms with E-state index in [1.54, 1.807) is 13.2 Å². The summed E-state index contributed by atoms with van der Waals surface area (Å²) in [6, 6.07) is 24.7. The van der Waals surface area contributed by atoms with E-state index in [9.17, 15) is 4.79 Å². The molecule has 1 atom stereocenters. The topological polar surface area (TPSA) is 47.6 Å². The summed E-state index contributed by atoms with van der Waals surface area (Å²) in [6.45, 7) is 1.95. The molecule has 0 saturated heterocycles. The van der Waals surface area contributed by atoms with Crippen LogP contribution in [-0.4, -0.2) is 13.0 Å². The van der Waals surface area contributed by atoms with Crippen molar-refractivity contribution in [1.29, 1.82) is 0 Å². The third-order valence-corrected chi connectivity index (χ3v) is 4.24. The Morgan fingerprint density at radius 3 is 2.32 bits per heavy atom. The molecule has 0 fully saturated rings. The summed E-state index contributed by atoms with van der Waals surface area (Å²) in [5.41, 5.74) is 1.90. The number of para-hydroxylation sites is 1. The van der Waals surface area contributed by atoms with Crippen LogP contribution in [-0.2, 0) is 4.79 Å². The monoisotopic (exact) mass is 373 g/mol. The zero-order valence-electron chi connectivity index (χ0n) is 16.0. The number of carbonyl (C=O) groups excluding carboxylic acids is 1. The third kappa shape index (κ3) is 5.48. The Labute approximate surface area is 165 Å². The molecule has 3 rings (SSSR count). The van der Waals surface area contributed by atoms with Gasteiger partial charge in [-0.2, -0.15) is 0 Å². The molecule has 0 aliphatic rings. The van der Waals surface area contributed by atoms with E-state index in [-0.39, 0.29) is 11.9 Å². The molecule has 0 heterocycles. The zero-order chi connectivity index (χ0) is 19.8. The SMILES string of the molecule is COc1ccc(C(C)NC(=O)/C=C/c2cccc(Oc3ccccc3)c2)cc1. The molecule has 142 valence electrons. The lowest BCUT2D eigenvalue weighted by Gasteiger charge is -2.13. The maximum Gasteiger partial charge on any atom is 0.244 e. The summed E-state index contributed by atoms with van der Waals surface area (Å²) in [5.74, 6) is 2.13. The molecule has 0 aliphatic carbocycles. The fourth-order valence-electron chi connectivity index (χ4n) is 2.72. The lowest BCUT2D eigenvalue weighted by molar-refractivity contribution is -0.117. The lowest BCUT2D eigenvalue weighted by atomic mass is 10.1. The highest BCUT2D eigenvalue weighted by molar-refractivity contribution is 5.92. The van der Waals surface area contributed by atoms with Crippen molar-refractivity contribution in [2.24, 2.45) is 0 Å². The molecule has 0 aliphatic heterocycles. The van der Waals surface area contributed by atoms with Crippen molar-refractivity contribution < 1.29 is 14.3 Å². The number of ether oxygens (including phenoxy) is 2. The highest BCUT2D eigenvalue weighted by Crippen LogP contribution is 2.22. The fraction of sp³-hybridized carbons (Fsp3) is 0.125. The normalized spacial score (nSPS) is 11.8. The summed E-state index contributed by atoms with van der Waals surface area (Å²) in [4.78, 5) is 12.2. The minimum atomic E-state index is -0.155. The first kappa shape index (κ1) is 19.2. The second-order valence-electron chi connectivity index (χ2n) is 6.32. The van der Waals surface area contributed by atoms with E-state index >= 15 is 0 Å². The van der Waals surface area contributed by atoms with Gasteiger partial charge in [0.05, 0.1) is 13.2 Å². The van der Waals surface area contributed by atoms with Gasteiger partial charge in [-0.3, -0.25) is 4.79 Å². The average molecular weight is 373 g/mol. The van der Waals surface area contributed by atoms with Crippen LogP contribution in [0, 0.1) is 0 Å². The Hall–Kier alpha value is -3.53. The van der Waals surface area contributed by atoms with Gasteiger partial charge in [0.15, 0.2) is 0 Å². The molecule has 4 heteroatoms. The molecule has 28 heavy (non-hydrogen) atoms. The second kappa shape index (κ2) is 9.42. The van der Waals surface area contributed by atoms with Crippen molar-refractivity contribution in [2.75, 3.05) is 7.11 Å². The van der Waals surface area contributed by atoms with Crippen molar-refractivity contribution in [1.82, 2.24) is 5.32 Å². The predicted octanol–water partition coefficient (Wildman–Crippen LogP) is 5.38. The molecule has 0 spiro atoms. The molecule has 1 N–H and O–H groups in total. The highest BCUT2D eigenvalue weighted by atomic mass is 16.5. The van der Waals surface area contributed by atoms with E-state index in [2.05, 4.69) is 5.32 Å². The molecule has 4 nitrogen and oxygen atoms in total. The van der Waals surface area contributed by atoms with Gasteiger partial charge < -0.3 is 14.8 Å². The first-order valence-corrected chi connectivity index (χ1v) is 9.09. The molecule has 0 aromatic heterocycles. The number of rotatable bonds is 7. The van der Waals surface area contributed by atoms with E-state index < -0.39 is 0 Å². The Kier molecular flexibility index (Phi) is 6.47. The Balaban J connectivity index is 1.59. The van der Waals surface area contributed by atoms with Crippen molar-refractivity contribution in [3.05, 3.63) is 96.1 Å². The van der Waals surface area contributed by atoms with Gasteiger partial charge in [0.2, 0.25) is 5.91 Å². The quantitative estimate of drug-likeness (QED) is 0.566. The maximum atomic E-state index is 12.2. The van der Waals surface area contributed by atoms with E-state index in [0.29, 0.717) is 0 Å². The molecular weight excluding hydrogens is 350 g/mol. The molecular formula is C24H23NO3. The molecule has 1 unspecified atom stereocenters. The van der Waals surface area contributed by atoms with Crippen LogP contribution in [0.1, 0.15) is 24.1 Å². The molecule has 0 bridgehead atoms. The van der Waals surface area contributed by atoms with Gasteiger partial charge in [-0.25, -0.2) is 0 Å². The van der Waals surface area contributed by atoms with Crippen molar-refractivity contribution >= 4 is 12.0 Å². The number of hydrogen-bond acceptors (Lipinski definition) is 3. The van der Waals surface area contributed by atoms with E-state index in [1.165, 1.54) is 6.08 Å². The lowest BCUT2D eigenvalue weighted by Crippen LogP contribution is -2.24. The van der Waals surface area contributed by atoms with Gasteiger partial charge in [0.25, 0.3) is 0 Å². The number of amides is 1. The van der Waals surface area contributed by atoms with E-state index in [0.717, 1.165) is 28.4 Å². The molecule has 3 aromatic carbocycles. The van der Waals surface area contributed by atoms with Crippen LogP contribution in [0.25, 0.3) is 6.08 Å². The summed E-state index contributed by atoms with van der Waals surface area (Å²) < 4.78 is 11.0. The van der Waals surface area contributed by atoms with Crippen LogP contribution >= 0.6 is 0 Å². The number of carbonyl (C=O) groups is 1. The van der Waals surface area contributed by atoms with Gasteiger partial charge in [-0.05, 0) is 60.5 Å². The standard InChI is InChI=1S/C24H23NO3/c1-18(20-12-14-21(27-2)15-13-20)25-24(26)16-11-19-7-6-10-23(17-19)28-22-8-4-3-5-9-22/h3-18H,1-2H3,(H,25,26)/b16-11+. The average Bonchev–Trinajstić information content (AvgIpc) is 2.73. The molecule has 0 saturated carbocycles. The largest absolute Gasteiger partial charge is 0.497 e. The summed E-state index contributed by atoms with van der Waals surface area (Å²) >= 11 is 0. The number of methoxy groups -OCH3 is 1. The van der Waals surface area contributed by atoms with Gasteiger partial charge in [0, 0.05) is 6.08 Å². The van der Waals surface area contributed by atoms with Crippen LogP contribution in [0.4, 0.5) is 0 Å². The van der Waals surface area contributed by atoms with E-state index in [1.807, 2.05) is 85.8 Å². The Bertz CT molecular complexity index is 934. The molecule has 0 radical (unpaired) electrons. The summed E-state index contributed by atoms with van der Waals surface area (Å²) in [5, 5.41) is 2.96. The predicted molar refractivity (Wildman–Crippen MR) is 112 cm³/mol. The van der Waals surface area contributed by atoms with Crippen molar-refractivity contribution in [3.8, 4) is 17.2 Å². The smallest absolute Gasteiger partial charge is 0.244 e. The Morgan fingerprint density at radius 1 is 0.893 bits per heavy atom. The highest BCUT2D eigenvalue weighted by Gasteiger charge is 2.07. The number of nitrogens with one attached hydrogen (secondary N) is 1.